The number of aromatic nitrogens is 1. The van der Waals surface area contributed by atoms with Gasteiger partial charge in [0.05, 0.1) is 19.8 Å². The predicted octanol–water partition coefficient (Wildman–Crippen LogP) is 3.07. The Balaban J connectivity index is 1.42. The van der Waals surface area contributed by atoms with Crippen LogP contribution in [0.25, 0.3) is 17.0 Å². The van der Waals surface area contributed by atoms with Crippen LogP contribution in [0.1, 0.15) is 34.1 Å². The summed E-state index contributed by atoms with van der Waals surface area (Å²) in [4.78, 5) is 42.5. The number of ether oxygens (including phenoxy) is 2. The molecule has 4 rings (SSSR count). The molecule has 1 atom stereocenters. The highest BCUT2D eigenvalue weighted by molar-refractivity contribution is 5.97. The van der Waals surface area contributed by atoms with Gasteiger partial charge in [-0.3, -0.25) is 9.59 Å². The van der Waals surface area contributed by atoms with Crippen LogP contribution >= 0.6 is 0 Å². The summed E-state index contributed by atoms with van der Waals surface area (Å²) in [6.45, 7) is 2.63. The third kappa shape index (κ3) is 4.80. The second-order valence-electron chi connectivity index (χ2n) is 8.18. The fourth-order valence-corrected chi connectivity index (χ4v) is 4.13. The molecule has 1 aliphatic rings. The Morgan fingerprint density at radius 3 is 2.59 bits per heavy atom. The number of benzene rings is 2. The molecule has 0 spiro atoms. The molecule has 34 heavy (non-hydrogen) atoms. The summed E-state index contributed by atoms with van der Waals surface area (Å²) in [6.07, 6.45) is 3.76. The highest BCUT2D eigenvalue weighted by Crippen LogP contribution is 2.29. The van der Waals surface area contributed by atoms with Gasteiger partial charge in [-0.25, -0.2) is 4.79 Å². The number of aromatic amines is 1. The van der Waals surface area contributed by atoms with Gasteiger partial charge in [-0.05, 0) is 48.9 Å². The molecule has 0 aliphatic carbocycles. The van der Waals surface area contributed by atoms with Crippen LogP contribution in [0.15, 0.2) is 48.5 Å². The average molecular weight is 462 g/mol. The quantitative estimate of drug-likeness (QED) is 0.434. The molecule has 0 radical (unpaired) electrons. The van der Waals surface area contributed by atoms with Crippen LogP contribution in [0.4, 0.5) is 0 Å². The minimum Gasteiger partial charge on any atom is -0.497 e. The molecule has 2 N–H and O–H groups in total. The van der Waals surface area contributed by atoms with Crippen molar-refractivity contribution in [2.24, 2.45) is 0 Å². The number of methoxy groups -OCH3 is 2. The zero-order valence-corrected chi connectivity index (χ0v) is 19.4. The van der Waals surface area contributed by atoms with E-state index in [9.17, 15) is 14.4 Å². The maximum absolute atomic E-state index is 13.1. The summed E-state index contributed by atoms with van der Waals surface area (Å²) in [5, 5.41) is 3.64. The summed E-state index contributed by atoms with van der Waals surface area (Å²) < 4.78 is 9.95. The number of nitrogens with zero attached hydrogens (tertiary/aromatic N) is 1. The van der Waals surface area contributed by atoms with E-state index in [1.807, 2.05) is 30.3 Å². The third-order valence-electron chi connectivity index (χ3n) is 5.98. The zero-order chi connectivity index (χ0) is 24.2. The molecule has 0 saturated heterocycles. The van der Waals surface area contributed by atoms with Crippen LogP contribution in [-0.4, -0.2) is 54.5 Å². The molecule has 0 bridgehead atoms. The summed E-state index contributed by atoms with van der Waals surface area (Å²) in [5.74, 6) is -0.165. The molecule has 2 amide bonds. The fraction of sp³-hybridized carbons (Fsp3) is 0.269. The highest BCUT2D eigenvalue weighted by atomic mass is 16.5. The van der Waals surface area contributed by atoms with Gasteiger partial charge in [0.25, 0.3) is 0 Å². The Morgan fingerprint density at radius 2 is 1.88 bits per heavy atom. The second-order valence-corrected chi connectivity index (χ2v) is 8.18. The van der Waals surface area contributed by atoms with E-state index in [0.717, 1.165) is 33.5 Å². The van der Waals surface area contributed by atoms with Crippen molar-refractivity contribution in [3.63, 3.8) is 0 Å². The predicted molar refractivity (Wildman–Crippen MR) is 128 cm³/mol. The second kappa shape index (κ2) is 9.82. The lowest BCUT2D eigenvalue weighted by Crippen LogP contribution is -2.48. The number of amides is 2. The Morgan fingerprint density at radius 1 is 1.12 bits per heavy atom. The van der Waals surface area contributed by atoms with E-state index in [1.54, 1.807) is 37.1 Å². The van der Waals surface area contributed by atoms with Gasteiger partial charge in [0.1, 0.15) is 11.8 Å². The lowest BCUT2D eigenvalue weighted by molar-refractivity contribution is -0.136. The summed E-state index contributed by atoms with van der Waals surface area (Å²) in [7, 11) is 2.94. The van der Waals surface area contributed by atoms with Crippen molar-refractivity contribution >= 4 is 34.8 Å². The van der Waals surface area contributed by atoms with Gasteiger partial charge in [0.15, 0.2) is 0 Å². The molecule has 1 unspecified atom stereocenters. The van der Waals surface area contributed by atoms with E-state index in [-0.39, 0.29) is 11.8 Å². The summed E-state index contributed by atoms with van der Waals surface area (Å²) in [5.41, 5.74) is 4.27. The standard InChI is InChI=1S/C26H27N3O5/c1-16(27-24(30)11-6-17-4-8-19(33-2)9-5-17)25(31)29-13-12-23-21(15-29)20-14-18(26(32)34-3)7-10-22(20)28-23/h4-11,14,16,28H,12-13,15H2,1-3H3,(H,27,30)/b11-6+. The number of rotatable bonds is 6. The van der Waals surface area contributed by atoms with E-state index >= 15 is 0 Å². The first-order chi connectivity index (χ1) is 16.4. The normalized spacial score (nSPS) is 14.0. The van der Waals surface area contributed by atoms with Crippen molar-refractivity contribution in [2.45, 2.75) is 25.9 Å². The molecule has 1 aromatic heterocycles. The number of carbonyl (C=O) groups is 3. The first-order valence-electron chi connectivity index (χ1n) is 11.0. The van der Waals surface area contributed by atoms with Crippen molar-refractivity contribution in [2.75, 3.05) is 20.8 Å². The highest BCUT2D eigenvalue weighted by Gasteiger charge is 2.27. The lowest BCUT2D eigenvalue weighted by atomic mass is 10.0. The van der Waals surface area contributed by atoms with Crippen molar-refractivity contribution in [3.8, 4) is 5.75 Å². The number of hydrogen-bond donors (Lipinski definition) is 2. The maximum Gasteiger partial charge on any atom is 0.337 e. The van der Waals surface area contributed by atoms with Crippen LogP contribution in [0.2, 0.25) is 0 Å². The van der Waals surface area contributed by atoms with Crippen molar-refractivity contribution in [1.82, 2.24) is 15.2 Å². The number of nitrogens with one attached hydrogen (secondary N) is 2. The molecular weight excluding hydrogens is 434 g/mol. The van der Waals surface area contributed by atoms with Gasteiger partial charge >= 0.3 is 5.97 Å². The van der Waals surface area contributed by atoms with Gasteiger partial charge in [0.2, 0.25) is 11.8 Å². The van der Waals surface area contributed by atoms with E-state index < -0.39 is 12.0 Å². The van der Waals surface area contributed by atoms with Crippen LogP contribution in [0.3, 0.4) is 0 Å². The molecular formula is C26H27N3O5. The topological polar surface area (TPSA) is 101 Å². The maximum atomic E-state index is 13.1. The van der Waals surface area contributed by atoms with Crippen molar-refractivity contribution in [3.05, 3.63) is 70.9 Å². The Kier molecular flexibility index (Phi) is 6.67. The number of fused-ring (bicyclic) bond motifs is 3. The van der Waals surface area contributed by atoms with Gasteiger partial charge in [-0.2, -0.15) is 0 Å². The van der Waals surface area contributed by atoms with Gasteiger partial charge < -0.3 is 24.7 Å². The molecule has 8 heteroatoms. The Bertz CT molecular complexity index is 1260. The molecule has 3 aromatic rings. The lowest BCUT2D eigenvalue weighted by Gasteiger charge is -2.29. The molecule has 1 aliphatic heterocycles. The molecule has 0 fully saturated rings. The first kappa shape index (κ1) is 23.1. The zero-order valence-electron chi connectivity index (χ0n) is 19.4. The van der Waals surface area contributed by atoms with Crippen molar-refractivity contribution < 1.29 is 23.9 Å². The van der Waals surface area contributed by atoms with E-state index in [2.05, 4.69) is 10.3 Å². The molecule has 8 nitrogen and oxygen atoms in total. The van der Waals surface area contributed by atoms with Gasteiger partial charge in [-0.15, -0.1) is 0 Å². The fourth-order valence-electron chi connectivity index (χ4n) is 4.13. The van der Waals surface area contributed by atoms with Crippen LogP contribution < -0.4 is 10.1 Å². The van der Waals surface area contributed by atoms with Gasteiger partial charge in [-0.1, -0.05) is 12.1 Å². The Labute approximate surface area is 197 Å². The average Bonchev–Trinajstić information content (AvgIpc) is 3.23. The molecule has 0 saturated carbocycles. The number of carbonyl (C=O) groups excluding carboxylic acids is 3. The van der Waals surface area contributed by atoms with E-state index in [4.69, 9.17) is 9.47 Å². The van der Waals surface area contributed by atoms with Crippen molar-refractivity contribution in [1.29, 1.82) is 0 Å². The number of esters is 1. The SMILES string of the molecule is COC(=O)c1ccc2[nH]c3c(c2c1)CN(C(=O)C(C)NC(=O)/C=C/c1ccc(OC)cc1)CC3. The molecule has 2 heterocycles. The summed E-state index contributed by atoms with van der Waals surface area (Å²) in [6, 6.07) is 12.0. The number of H-pyrrole nitrogens is 1. The number of hydrogen-bond acceptors (Lipinski definition) is 5. The van der Waals surface area contributed by atoms with Crippen LogP contribution in [-0.2, 0) is 27.3 Å². The smallest absolute Gasteiger partial charge is 0.337 e. The van der Waals surface area contributed by atoms with Gasteiger partial charge in [0, 0.05) is 47.7 Å². The van der Waals surface area contributed by atoms with Crippen LogP contribution in [0, 0.1) is 0 Å². The van der Waals surface area contributed by atoms with Crippen LogP contribution in [0.5, 0.6) is 5.75 Å². The summed E-state index contributed by atoms with van der Waals surface area (Å²) >= 11 is 0. The largest absolute Gasteiger partial charge is 0.497 e. The molecule has 176 valence electrons. The van der Waals surface area contributed by atoms with E-state index in [1.165, 1.54) is 13.2 Å². The third-order valence-corrected chi connectivity index (χ3v) is 5.98. The van der Waals surface area contributed by atoms with E-state index in [0.29, 0.717) is 25.1 Å². The molecule has 2 aromatic carbocycles. The first-order valence-corrected chi connectivity index (χ1v) is 11.0. The minimum atomic E-state index is -0.676. The monoisotopic (exact) mass is 461 g/mol. The minimum absolute atomic E-state index is 0.157. The Hall–Kier alpha value is -4.07.